The molecule has 0 saturated heterocycles. The minimum atomic E-state index is -4.94. The second-order valence-electron chi connectivity index (χ2n) is 9.42. The second-order valence-corrected chi connectivity index (χ2v) is 9.42. The Bertz CT molecular complexity index is 1500. The summed E-state index contributed by atoms with van der Waals surface area (Å²) in [6.07, 6.45) is 0.114. The second kappa shape index (κ2) is 13.6. The Morgan fingerprint density at radius 2 is 1.88 bits per heavy atom. The van der Waals surface area contributed by atoms with E-state index in [1.807, 2.05) is 19.1 Å². The molecule has 0 fully saturated rings. The van der Waals surface area contributed by atoms with E-state index in [0.717, 1.165) is 41.1 Å². The molecule has 0 bridgehead atoms. The van der Waals surface area contributed by atoms with E-state index in [2.05, 4.69) is 20.4 Å². The number of aromatic nitrogens is 2. The lowest BCUT2D eigenvalue weighted by Crippen LogP contribution is -2.23. The van der Waals surface area contributed by atoms with Crippen LogP contribution in [0.1, 0.15) is 35.7 Å². The van der Waals surface area contributed by atoms with Crippen LogP contribution in [0.3, 0.4) is 0 Å². The highest BCUT2D eigenvalue weighted by Gasteiger charge is 2.32. The van der Waals surface area contributed by atoms with Gasteiger partial charge in [0.1, 0.15) is 5.82 Å². The fraction of sp³-hybridized carbons (Fsp3) is 0.345. The van der Waals surface area contributed by atoms with Crippen LogP contribution in [0.4, 0.5) is 23.4 Å². The number of methoxy groups -OCH3 is 1. The molecule has 2 heterocycles. The summed E-state index contributed by atoms with van der Waals surface area (Å²) in [6, 6.07) is 10.4. The van der Waals surface area contributed by atoms with Gasteiger partial charge in [-0.25, -0.2) is 14.2 Å². The Labute approximate surface area is 234 Å². The van der Waals surface area contributed by atoms with E-state index in [4.69, 9.17) is 14.5 Å². The minimum Gasteiger partial charge on any atom is -0.465 e. The molecule has 1 atom stereocenters. The zero-order valence-electron chi connectivity index (χ0n) is 22.6. The molecule has 0 aliphatic heterocycles. The molecule has 0 radical (unpaired) electrons. The maximum absolute atomic E-state index is 13.8. The monoisotopic (exact) mass is 574 g/mol. The summed E-state index contributed by atoms with van der Waals surface area (Å²) in [5.74, 6) is -1.69. The highest BCUT2D eigenvalue weighted by Crippen LogP contribution is 2.30. The van der Waals surface area contributed by atoms with Crippen LogP contribution >= 0.6 is 0 Å². The van der Waals surface area contributed by atoms with Crippen LogP contribution in [0.5, 0.6) is 5.75 Å². The Kier molecular flexibility index (Phi) is 9.90. The van der Waals surface area contributed by atoms with Crippen molar-refractivity contribution < 1.29 is 36.6 Å². The van der Waals surface area contributed by atoms with Crippen LogP contribution in [0.25, 0.3) is 21.7 Å². The normalized spacial score (nSPS) is 12.4. The average molecular weight is 575 g/mol. The van der Waals surface area contributed by atoms with Crippen molar-refractivity contribution in [3.8, 4) is 5.75 Å². The third kappa shape index (κ3) is 8.24. The largest absolute Gasteiger partial charge is 0.573 e. The number of carbonyl (C=O) groups is 1. The zero-order valence-corrected chi connectivity index (χ0v) is 22.6. The number of anilines is 1. The summed E-state index contributed by atoms with van der Waals surface area (Å²) in [7, 11) is 1.33. The number of rotatable bonds is 13. The topological polar surface area (TPSA) is 94.6 Å². The van der Waals surface area contributed by atoms with Crippen molar-refractivity contribution >= 4 is 33.5 Å². The number of nitrogens with one attached hydrogen (secondary N) is 2. The summed E-state index contributed by atoms with van der Waals surface area (Å²) >= 11 is 0. The van der Waals surface area contributed by atoms with Crippen molar-refractivity contribution in [2.45, 2.75) is 38.7 Å². The predicted octanol–water partition coefficient (Wildman–Crippen LogP) is 5.99. The van der Waals surface area contributed by atoms with Crippen LogP contribution in [-0.2, 0) is 16.0 Å². The summed E-state index contributed by atoms with van der Waals surface area (Å²) in [5.41, 5.74) is 1.57. The van der Waals surface area contributed by atoms with E-state index in [-0.39, 0.29) is 6.04 Å². The molecule has 0 aliphatic rings. The van der Waals surface area contributed by atoms with Gasteiger partial charge in [0.05, 0.1) is 24.8 Å². The molecule has 2 N–H and O–H groups in total. The molecule has 0 aliphatic carbocycles. The van der Waals surface area contributed by atoms with E-state index < -0.39 is 23.9 Å². The number of pyridine rings is 2. The molecule has 2 aromatic heterocycles. The number of unbranched alkanes of at least 4 members (excludes halogenated alkanes) is 1. The predicted molar refractivity (Wildman–Crippen MR) is 146 cm³/mol. The minimum absolute atomic E-state index is 0.0579. The van der Waals surface area contributed by atoms with E-state index in [0.29, 0.717) is 48.8 Å². The van der Waals surface area contributed by atoms with E-state index in [1.54, 1.807) is 24.5 Å². The van der Waals surface area contributed by atoms with Crippen molar-refractivity contribution in [1.82, 2.24) is 15.3 Å². The van der Waals surface area contributed by atoms with Crippen molar-refractivity contribution in [1.29, 1.82) is 0 Å². The summed E-state index contributed by atoms with van der Waals surface area (Å²) in [5, 5.41) is 9.22. The molecule has 218 valence electrons. The number of carbonyl (C=O) groups excluding carboxylic acids is 1. The van der Waals surface area contributed by atoms with Crippen molar-refractivity contribution in [3.63, 3.8) is 0 Å². The van der Waals surface area contributed by atoms with E-state index in [1.165, 1.54) is 13.2 Å². The van der Waals surface area contributed by atoms with Crippen LogP contribution in [-0.4, -0.2) is 55.2 Å². The highest BCUT2D eigenvalue weighted by atomic mass is 19.4. The molecule has 1 unspecified atom stereocenters. The number of halogens is 4. The summed E-state index contributed by atoms with van der Waals surface area (Å²) in [4.78, 5) is 21.0. The first kappa shape index (κ1) is 29.9. The molecule has 4 rings (SSSR count). The number of benzene rings is 2. The van der Waals surface area contributed by atoms with Gasteiger partial charge in [-0.2, -0.15) is 0 Å². The van der Waals surface area contributed by atoms with Gasteiger partial charge in [-0.05, 0) is 62.2 Å². The first-order valence-corrected chi connectivity index (χ1v) is 13.0. The van der Waals surface area contributed by atoms with Gasteiger partial charge in [0.25, 0.3) is 0 Å². The van der Waals surface area contributed by atoms with Gasteiger partial charge in [0.2, 0.25) is 0 Å². The number of hydrogen-bond donors (Lipinski definition) is 2. The first-order valence-electron chi connectivity index (χ1n) is 13.0. The number of esters is 1. The lowest BCUT2D eigenvalue weighted by atomic mass is 10.1. The molecular weight excluding hydrogens is 544 g/mol. The quantitative estimate of drug-likeness (QED) is 0.0870. The number of hydrogen-bond acceptors (Lipinski definition) is 8. The van der Waals surface area contributed by atoms with Crippen molar-refractivity contribution in [3.05, 3.63) is 71.8 Å². The molecule has 0 saturated carbocycles. The Balaban J connectivity index is 1.22. The molecule has 2 aromatic carbocycles. The SMILES string of the molecule is COC(=O)c1ccc2c(c1)nc(NC(C)COCCCCNCc1ccc(OC(F)(F)F)c(F)c1)c1ccncc12. The third-order valence-corrected chi connectivity index (χ3v) is 6.21. The molecule has 0 spiro atoms. The maximum atomic E-state index is 13.8. The molecular formula is C29H30F4N4O4. The summed E-state index contributed by atoms with van der Waals surface area (Å²) < 4.78 is 64.9. The standard InChI is InChI=1S/C29H30F4N4O4/c1-18(17-40-12-4-3-10-34-15-19-5-8-26(24(30)13-19)41-29(31,32)33)36-27-22-9-11-35-16-23(22)21-7-6-20(28(38)39-2)14-25(21)37-27/h5-9,11,13-14,16,18,34H,3-4,10,12,15,17H2,1-2H3,(H,36,37). The zero-order chi connectivity index (χ0) is 29.4. The van der Waals surface area contributed by atoms with Gasteiger partial charge in [0, 0.05) is 47.7 Å². The number of alkyl halides is 3. The number of fused-ring (bicyclic) bond motifs is 3. The third-order valence-electron chi connectivity index (χ3n) is 6.21. The Morgan fingerprint density at radius 1 is 1.05 bits per heavy atom. The van der Waals surface area contributed by atoms with Crippen LogP contribution in [0, 0.1) is 5.82 Å². The van der Waals surface area contributed by atoms with Crippen molar-refractivity contribution in [2.24, 2.45) is 0 Å². The molecule has 8 nitrogen and oxygen atoms in total. The van der Waals surface area contributed by atoms with Gasteiger partial charge in [-0.1, -0.05) is 12.1 Å². The lowest BCUT2D eigenvalue weighted by Gasteiger charge is -2.17. The van der Waals surface area contributed by atoms with Crippen LogP contribution in [0.15, 0.2) is 54.9 Å². The molecule has 12 heteroatoms. The van der Waals surface area contributed by atoms with E-state index in [9.17, 15) is 22.4 Å². The Morgan fingerprint density at radius 3 is 2.63 bits per heavy atom. The highest BCUT2D eigenvalue weighted by molar-refractivity contribution is 6.10. The number of nitrogens with zero attached hydrogens (tertiary/aromatic N) is 2. The van der Waals surface area contributed by atoms with Crippen molar-refractivity contribution in [2.75, 3.05) is 32.2 Å². The molecule has 4 aromatic rings. The van der Waals surface area contributed by atoms with Gasteiger partial charge < -0.3 is 24.8 Å². The van der Waals surface area contributed by atoms with Crippen LogP contribution in [0.2, 0.25) is 0 Å². The fourth-order valence-electron chi connectivity index (χ4n) is 4.29. The van der Waals surface area contributed by atoms with Gasteiger partial charge >= 0.3 is 12.3 Å². The average Bonchev–Trinajstić information content (AvgIpc) is 2.94. The molecule has 41 heavy (non-hydrogen) atoms. The maximum Gasteiger partial charge on any atom is 0.573 e. The smallest absolute Gasteiger partial charge is 0.465 e. The van der Waals surface area contributed by atoms with Gasteiger partial charge in [0.15, 0.2) is 11.6 Å². The summed E-state index contributed by atoms with van der Waals surface area (Å²) in [6.45, 7) is 3.90. The van der Waals surface area contributed by atoms with Gasteiger partial charge in [-0.15, -0.1) is 13.2 Å². The van der Waals surface area contributed by atoms with Crippen LogP contribution < -0.4 is 15.4 Å². The Hall–Kier alpha value is -4.03. The fourth-order valence-corrected chi connectivity index (χ4v) is 4.29. The van der Waals surface area contributed by atoms with E-state index >= 15 is 0 Å². The lowest BCUT2D eigenvalue weighted by molar-refractivity contribution is -0.275. The number of ether oxygens (including phenoxy) is 3. The van der Waals surface area contributed by atoms with Gasteiger partial charge in [-0.3, -0.25) is 4.98 Å². The first-order chi connectivity index (χ1) is 19.6. The molecule has 0 amide bonds.